The van der Waals surface area contributed by atoms with Crippen molar-refractivity contribution in [3.05, 3.63) is 98.7 Å². The summed E-state index contributed by atoms with van der Waals surface area (Å²) in [5, 5.41) is 11.8. The van der Waals surface area contributed by atoms with Crippen molar-refractivity contribution in [2.24, 2.45) is 0 Å². The molecule has 0 unspecified atom stereocenters. The summed E-state index contributed by atoms with van der Waals surface area (Å²) in [5.74, 6) is 0.0584. The van der Waals surface area contributed by atoms with Crippen LogP contribution < -0.4 is 10.2 Å². The fourth-order valence-corrected chi connectivity index (χ4v) is 5.30. The first-order valence-corrected chi connectivity index (χ1v) is 12.1. The Balaban J connectivity index is 1.34. The Kier molecular flexibility index (Phi) is 5.40. The quantitative estimate of drug-likeness (QED) is 0.441. The predicted octanol–water partition coefficient (Wildman–Crippen LogP) is 4.67. The lowest BCUT2D eigenvalue weighted by molar-refractivity contribution is -0.132. The molecule has 2 aliphatic heterocycles. The van der Waals surface area contributed by atoms with Gasteiger partial charge in [-0.05, 0) is 42.7 Å². The SMILES string of the molecule is Cc1cc(=O)c(O)c([C@H](CC(=O)N2CCc3c([nH]c4ccccc34)C2)C2=Cc3ccccc3OC2)o1. The smallest absolute Gasteiger partial charge is 0.227 e. The average Bonchev–Trinajstić information content (AvgIpc) is 3.27. The van der Waals surface area contributed by atoms with Gasteiger partial charge in [0.05, 0.1) is 12.5 Å². The standard InChI is InChI=1S/C29H26N2O5/c1-17-12-25(32)28(34)29(36-17)22(19-13-18-6-2-5-9-26(18)35-16-19)14-27(33)31-11-10-21-20-7-3-4-8-23(20)30-24(21)15-31/h2-9,12-13,22,30,34H,10-11,14-16H2,1H3/t22-/m1/s1. The number of para-hydroxylation sites is 2. The number of benzene rings is 2. The van der Waals surface area contributed by atoms with Gasteiger partial charge in [-0.3, -0.25) is 9.59 Å². The van der Waals surface area contributed by atoms with Crippen LogP contribution in [0.5, 0.6) is 11.5 Å². The second-order valence-corrected chi connectivity index (χ2v) is 9.43. The van der Waals surface area contributed by atoms with Gasteiger partial charge in [0.15, 0.2) is 5.76 Å². The summed E-state index contributed by atoms with van der Waals surface area (Å²) in [6, 6.07) is 17.1. The Hall–Kier alpha value is -4.26. The minimum Gasteiger partial charge on any atom is -0.502 e. The Morgan fingerprint density at radius 2 is 1.97 bits per heavy atom. The molecular weight excluding hydrogens is 456 g/mol. The Morgan fingerprint density at radius 3 is 2.86 bits per heavy atom. The Labute approximate surface area is 207 Å². The normalized spacial score (nSPS) is 15.6. The maximum absolute atomic E-state index is 13.6. The number of carbonyl (C=O) groups excluding carboxylic acids is 1. The first-order chi connectivity index (χ1) is 17.5. The second-order valence-electron chi connectivity index (χ2n) is 9.43. The highest BCUT2D eigenvalue weighted by molar-refractivity contribution is 5.86. The third kappa shape index (κ3) is 3.86. The molecule has 4 heterocycles. The molecule has 7 heteroatoms. The number of amides is 1. The molecule has 7 nitrogen and oxygen atoms in total. The molecule has 1 amide bonds. The lowest BCUT2D eigenvalue weighted by Gasteiger charge is -2.30. The summed E-state index contributed by atoms with van der Waals surface area (Å²) in [7, 11) is 0. The number of carbonyl (C=O) groups is 1. The maximum atomic E-state index is 13.6. The number of aromatic amines is 1. The molecule has 0 bridgehead atoms. The summed E-state index contributed by atoms with van der Waals surface area (Å²) < 4.78 is 11.8. The molecule has 0 saturated heterocycles. The van der Waals surface area contributed by atoms with Crippen LogP contribution in [0.3, 0.4) is 0 Å². The molecule has 0 saturated carbocycles. The number of nitrogens with zero attached hydrogens (tertiary/aromatic N) is 1. The molecule has 2 aromatic heterocycles. The van der Waals surface area contributed by atoms with Crippen LogP contribution >= 0.6 is 0 Å². The molecule has 0 spiro atoms. The van der Waals surface area contributed by atoms with Crippen LogP contribution in [-0.4, -0.2) is 34.0 Å². The summed E-state index contributed by atoms with van der Waals surface area (Å²) >= 11 is 0. The topological polar surface area (TPSA) is 95.8 Å². The van der Waals surface area contributed by atoms with E-state index in [2.05, 4.69) is 11.1 Å². The van der Waals surface area contributed by atoms with Crippen molar-refractivity contribution >= 4 is 22.9 Å². The number of ether oxygens (including phenoxy) is 1. The van der Waals surface area contributed by atoms with Gasteiger partial charge < -0.3 is 24.1 Å². The van der Waals surface area contributed by atoms with Crippen molar-refractivity contribution < 1.29 is 19.1 Å². The largest absolute Gasteiger partial charge is 0.502 e. The van der Waals surface area contributed by atoms with E-state index in [-0.39, 0.29) is 24.7 Å². The number of H-pyrrole nitrogens is 1. The fraction of sp³-hybridized carbons (Fsp3) is 0.241. The molecule has 36 heavy (non-hydrogen) atoms. The van der Waals surface area contributed by atoms with E-state index in [0.29, 0.717) is 18.8 Å². The molecule has 2 aromatic carbocycles. The van der Waals surface area contributed by atoms with Crippen LogP contribution in [0.2, 0.25) is 0 Å². The van der Waals surface area contributed by atoms with E-state index in [0.717, 1.165) is 34.5 Å². The zero-order chi connectivity index (χ0) is 24.8. The summed E-state index contributed by atoms with van der Waals surface area (Å²) in [4.78, 5) is 31.3. The fourth-order valence-electron chi connectivity index (χ4n) is 5.30. The molecular formula is C29H26N2O5. The zero-order valence-electron chi connectivity index (χ0n) is 19.9. The van der Waals surface area contributed by atoms with Gasteiger partial charge in [0.25, 0.3) is 0 Å². The van der Waals surface area contributed by atoms with E-state index in [9.17, 15) is 14.7 Å². The summed E-state index contributed by atoms with van der Waals surface area (Å²) in [6.45, 7) is 2.98. The van der Waals surface area contributed by atoms with Crippen molar-refractivity contribution in [2.75, 3.05) is 13.2 Å². The molecule has 2 N–H and O–H groups in total. The zero-order valence-corrected chi connectivity index (χ0v) is 19.9. The number of fused-ring (bicyclic) bond motifs is 4. The van der Waals surface area contributed by atoms with E-state index >= 15 is 0 Å². The van der Waals surface area contributed by atoms with Gasteiger partial charge in [0.1, 0.15) is 18.1 Å². The first-order valence-electron chi connectivity index (χ1n) is 12.1. The van der Waals surface area contributed by atoms with Gasteiger partial charge in [0, 0.05) is 41.2 Å². The number of hydrogen-bond donors (Lipinski definition) is 2. The van der Waals surface area contributed by atoms with Crippen molar-refractivity contribution in [1.29, 1.82) is 0 Å². The van der Waals surface area contributed by atoms with Crippen molar-refractivity contribution in [3.63, 3.8) is 0 Å². The maximum Gasteiger partial charge on any atom is 0.227 e. The van der Waals surface area contributed by atoms with Crippen LogP contribution in [0.15, 0.2) is 69.4 Å². The Bertz CT molecular complexity index is 1580. The van der Waals surface area contributed by atoms with Crippen LogP contribution in [0, 0.1) is 6.92 Å². The molecule has 6 rings (SSSR count). The van der Waals surface area contributed by atoms with Gasteiger partial charge in [-0.15, -0.1) is 0 Å². The number of hydrogen-bond acceptors (Lipinski definition) is 5. The summed E-state index contributed by atoms with van der Waals surface area (Å²) in [6.07, 6.45) is 2.77. The summed E-state index contributed by atoms with van der Waals surface area (Å²) in [5.41, 5.74) is 4.51. The lowest BCUT2D eigenvalue weighted by atomic mass is 9.88. The van der Waals surface area contributed by atoms with Crippen molar-refractivity contribution in [1.82, 2.24) is 9.88 Å². The monoisotopic (exact) mass is 482 g/mol. The number of aromatic nitrogens is 1. The third-order valence-electron chi connectivity index (χ3n) is 7.10. The average molecular weight is 483 g/mol. The Morgan fingerprint density at radius 1 is 1.17 bits per heavy atom. The van der Waals surface area contributed by atoms with Gasteiger partial charge in [-0.2, -0.15) is 0 Å². The van der Waals surface area contributed by atoms with E-state index in [1.165, 1.54) is 17.0 Å². The van der Waals surface area contributed by atoms with Crippen molar-refractivity contribution in [2.45, 2.75) is 32.2 Å². The van der Waals surface area contributed by atoms with Crippen LogP contribution in [0.4, 0.5) is 0 Å². The van der Waals surface area contributed by atoms with Crippen molar-refractivity contribution in [3.8, 4) is 11.5 Å². The molecule has 0 radical (unpaired) electrons. The second kappa shape index (κ2) is 8.75. The first kappa shape index (κ1) is 22.2. The van der Waals surface area contributed by atoms with Gasteiger partial charge in [-0.1, -0.05) is 36.4 Å². The van der Waals surface area contributed by atoms with Crippen LogP contribution in [-0.2, 0) is 17.8 Å². The number of rotatable bonds is 4. The van der Waals surface area contributed by atoms with E-state index < -0.39 is 17.1 Å². The van der Waals surface area contributed by atoms with Crippen LogP contribution in [0.25, 0.3) is 17.0 Å². The molecule has 4 aromatic rings. The van der Waals surface area contributed by atoms with Gasteiger partial charge in [0.2, 0.25) is 17.1 Å². The minimum atomic E-state index is -0.637. The number of aryl methyl sites for hydroxylation is 1. The number of aromatic hydroxyl groups is 1. The minimum absolute atomic E-state index is 0.0485. The van der Waals surface area contributed by atoms with E-state index in [4.69, 9.17) is 9.15 Å². The van der Waals surface area contributed by atoms with Crippen LogP contribution in [0.1, 0.15) is 40.7 Å². The van der Waals surface area contributed by atoms with E-state index in [1.54, 1.807) is 6.92 Å². The van der Waals surface area contributed by atoms with Gasteiger partial charge in [-0.25, -0.2) is 0 Å². The lowest BCUT2D eigenvalue weighted by Crippen LogP contribution is -2.37. The number of nitrogens with one attached hydrogen (secondary N) is 1. The molecule has 182 valence electrons. The third-order valence-corrected chi connectivity index (χ3v) is 7.10. The highest BCUT2D eigenvalue weighted by Gasteiger charge is 2.32. The molecule has 0 aliphatic carbocycles. The highest BCUT2D eigenvalue weighted by Crippen LogP contribution is 2.39. The predicted molar refractivity (Wildman–Crippen MR) is 136 cm³/mol. The molecule has 0 fully saturated rings. The molecule has 2 aliphatic rings. The highest BCUT2D eigenvalue weighted by atomic mass is 16.5. The van der Waals surface area contributed by atoms with Gasteiger partial charge >= 0.3 is 0 Å². The molecule has 1 atom stereocenters. The van der Waals surface area contributed by atoms with E-state index in [1.807, 2.05) is 53.4 Å².